The molecule has 0 fully saturated rings. The Bertz CT molecular complexity index is 513. The number of nitrogens with two attached hydrogens (primary N) is 1. The van der Waals surface area contributed by atoms with Crippen LogP contribution in [0.2, 0.25) is 0 Å². The summed E-state index contributed by atoms with van der Waals surface area (Å²) in [5, 5.41) is 2.13. The van der Waals surface area contributed by atoms with E-state index in [0.717, 1.165) is 6.42 Å². The van der Waals surface area contributed by atoms with Gasteiger partial charge in [-0.15, -0.1) is 11.3 Å². The molecule has 0 bridgehead atoms. The summed E-state index contributed by atoms with van der Waals surface area (Å²) >= 11 is 1.76. The van der Waals surface area contributed by atoms with Crippen LogP contribution in [0, 0.1) is 13.8 Å². The first-order valence-corrected chi connectivity index (χ1v) is 6.90. The van der Waals surface area contributed by atoms with Crippen LogP contribution in [0.4, 0.5) is 0 Å². The van der Waals surface area contributed by atoms with Crippen LogP contribution >= 0.6 is 11.3 Å². The van der Waals surface area contributed by atoms with E-state index in [1.807, 2.05) is 0 Å². The summed E-state index contributed by atoms with van der Waals surface area (Å²) in [7, 11) is 0. The third kappa shape index (κ3) is 2.43. The van der Waals surface area contributed by atoms with Crippen molar-refractivity contribution in [1.82, 2.24) is 0 Å². The molecule has 0 radical (unpaired) electrons. The van der Waals surface area contributed by atoms with E-state index >= 15 is 0 Å². The molecule has 2 N–H and O–H groups in total. The summed E-state index contributed by atoms with van der Waals surface area (Å²) in [4.78, 5) is 1.30. The van der Waals surface area contributed by atoms with Crippen molar-refractivity contribution in [3.63, 3.8) is 0 Å². The van der Waals surface area contributed by atoms with Crippen molar-refractivity contribution < 1.29 is 0 Å². The molecule has 0 spiro atoms. The van der Waals surface area contributed by atoms with Gasteiger partial charge in [0.2, 0.25) is 0 Å². The predicted molar refractivity (Wildman–Crippen MR) is 75.6 cm³/mol. The summed E-state index contributed by atoms with van der Waals surface area (Å²) in [6, 6.07) is 8.71. The van der Waals surface area contributed by atoms with Gasteiger partial charge >= 0.3 is 0 Å². The molecular weight excluding hydrogens is 226 g/mol. The van der Waals surface area contributed by atoms with E-state index < -0.39 is 0 Å². The minimum Gasteiger partial charge on any atom is -0.320 e. The maximum Gasteiger partial charge on any atom is 0.0648 e. The first-order valence-electron chi connectivity index (χ1n) is 6.02. The first-order chi connectivity index (χ1) is 8.13. The summed E-state index contributed by atoms with van der Waals surface area (Å²) in [5.41, 5.74) is 11.6. The van der Waals surface area contributed by atoms with Crippen molar-refractivity contribution in [2.75, 3.05) is 0 Å². The Kier molecular flexibility index (Phi) is 3.65. The normalized spacial score (nSPS) is 12.7. The highest BCUT2D eigenvalue weighted by atomic mass is 32.1. The number of rotatable bonds is 3. The highest BCUT2D eigenvalue weighted by Gasteiger charge is 2.14. The molecule has 0 saturated carbocycles. The van der Waals surface area contributed by atoms with E-state index in [9.17, 15) is 0 Å². The highest BCUT2D eigenvalue weighted by Crippen LogP contribution is 2.29. The predicted octanol–water partition coefficient (Wildman–Crippen LogP) is 3.98. The lowest BCUT2D eigenvalue weighted by Crippen LogP contribution is -2.12. The van der Waals surface area contributed by atoms with Crippen LogP contribution in [0.3, 0.4) is 0 Å². The number of benzene rings is 1. The Morgan fingerprint density at radius 2 is 1.94 bits per heavy atom. The van der Waals surface area contributed by atoms with Crippen LogP contribution in [0.15, 0.2) is 29.6 Å². The minimum atomic E-state index is 0.0178. The van der Waals surface area contributed by atoms with Crippen molar-refractivity contribution in [2.45, 2.75) is 33.2 Å². The fourth-order valence-corrected chi connectivity index (χ4v) is 3.05. The molecule has 0 saturated heterocycles. The molecule has 17 heavy (non-hydrogen) atoms. The maximum absolute atomic E-state index is 6.37. The third-order valence-electron chi connectivity index (χ3n) is 3.33. The molecule has 90 valence electrons. The van der Waals surface area contributed by atoms with Gasteiger partial charge in [0.15, 0.2) is 0 Å². The maximum atomic E-state index is 6.37. The zero-order valence-corrected chi connectivity index (χ0v) is 11.5. The molecule has 0 aliphatic heterocycles. The van der Waals surface area contributed by atoms with E-state index in [-0.39, 0.29) is 6.04 Å². The van der Waals surface area contributed by atoms with Gasteiger partial charge in [-0.1, -0.05) is 25.1 Å². The third-order valence-corrected chi connectivity index (χ3v) is 4.38. The molecule has 0 aliphatic carbocycles. The molecule has 2 rings (SSSR count). The lowest BCUT2D eigenvalue weighted by molar-refractivity contribution is 0.871. The Morgan fingerprint density at radius 1 is 1.18 bits per heavy atom. The lowest BCUT2D eigenvalue weighted by Gasteiger charge is -2.14. The second kappa shape index (κ2) is 5.03. The Balaban J connectivity index is 2.36. The van der Waals surface area contributed by atoms with Crippen LogP contribution in [0.1, 0.15) is 40.1 Å². The fourth-order valence-electron chi connectivity index (χ4n) is 2.02. The van der Waals surface area contributed by atoms with Gasteiger partial charge in [0, 0.05) is 4.88 Å². The molecule has 0 aliphatic rings. The van der Waals surface area contributed by atoms with Crippen LogP contribution in [-0.2, 0) is 6.42 Å². The molecule has 1 unspecified atom stereocenters. The second-order valence-electron chi connectivity index (χ2n) is 4.49. The zero-order valence-electron chi connectivity index (χ0n) is 10.7. The smallest absolute Gasteiger partial charge is 0.0648 e. The SMILES string of the molecule is CCc1ccsc1C(N)c1ccc(C)c(C)c1. The molecule has 2 heteroatoms. The molecule has 1 aromatic heterocycles. The lowest BCUT2D eigenvalue weighted by atomic mass is 9.98. The molecule has 0 amide bonds. The number of hydrogen-bond donors (Lipinski definition) is 1. The van der Waals surface area contributed by atoms with Crippen molar-refractivity contribution in [3.05, 3.63) is 56.8 Å². The van der Waals surface area contributed by atoms with Crippen LogP contribution in [0.5, 0.6) is 0 Å². The van der Waals surface area contributed by atoms with Crippen LogP contribution in [-0.4, -0.2) is 0 Å². The van der Waals surface area contributed by atoms with Gasteiger partial charge in [-0.3, -0.25) is 0 Å². The van der Waals surface area contributed by atoms with E-state index in [1.54, 1.807) is 11.3 Å². The minimum absolute atomic E-state index is 0.0178. The number of thiophene rings is 1. The topological polar surface area (TPSA) is 26.0 Å². The molecule has 1 atom stereocenters. The molecule has 1 nitrogen and oxygen atoms in total. The molecular formula is C15H19NS. The summed E-state index contributed by atoms with van der Waals surface area (Å²) in [5.74, 6) is 0. The molecule has 2 aromatic rings. The average molecular weight is 245 g/mol. The van der Waals surface area contributed by atoms with E-state index in [4.69, 9.17) is 5.73 Å². The highest BCUT2D eigenvalue weighted by molar-refractivity contribution is 7.10. The van der Waals surface area contributed by atoms with Crippen molar-refractivity contribution in [1.29, 1.82) is 0 Å². The standard InChI is InChI=1S/C15H19NS/c1-4-12-7-8-17-15(12)14(16)13-6-5-10(2)11(3)9-13/h5-9,14H,4,16H2,1-3H3. The largest absolute Gasteiger partial charge is 0.320 e. The summed E-state index contributed by atoms with van der Waals surface area (Å²) < 4.78 is 0. The van der Waals surface area contributed by atoms with Gasteiger partial charge in [-0.05, 0) is 54.0 Å². The average Bonchev–Trinajstić information content (AvgIpc) is 2.80. The van der Waals surface area contributed by atoms with Gasteiger partial charge in [0.25, 0.3) is 0 Å². The fraction of sp³-hybridized carbons (Fsp3) is 0.333. The van der Waals surface area contributed by atoms with E-state index in [1.165, 1.54) is 27.1 Å². The van der Waals surface area contributed by atoms with Crippen molar-refractivity contribution in [3.8, 4) is 0 Å². The summed E-state index contributed by atoms with van der Waals surface area (Å²) in [6.45, 7) is 6.45. The van der Waals surface area contributed by atoms with Gasteiger partial charge in [0.05, 0.1) is 6.04 Å². The Hall–Kier alpha value is -1.12. The zero-order chi connectivity index (χ0) is 12.4. The first kappa shape index (κ1) is 12.3. The van der Waals surface area contributed by atoms with Gasteiger partial charge < -0.3 is 5.73 Å². The van der Waals surface area contributed by atoms with Gasteiger partial charge in [-0.25, -0.2) is 0 Å². The quantitative estimate of drug-likeness (QED) is 0.869. The van der Waals surface area contributed by atoms with Crippen molar-refractivity contribution >= 4 is 11.3 Å². The van der Waals surface area contributed by atoms with Gasteiger partial charge in [0.1, 0.15) is 0 Å². The van der Waals surface area contributed by atoms with Crippen LogP contribution < -0.4 is 5.73 Å². The Labute approximate surface area is 107 Å². The molecule has 1 aromatic carbocycles. The number of hydrogen-bond acceptors (Lipinski definition) is 2. The summed E-state index contributed by atoms with van der Waals surface area (Å²) in [6.07, 6.45) is 1.05. The monoisotopic (exact) mass is 245 g/mol. The second-order valence-corrected chi connectivity index (χ2v) is 5.43. The van der Waals surface area contributed by atoms with E-state index in [0.29, 0.717) is 0 Å². The van der Waals surface area contributed by atoms with Crippen LogP contribution in [0.25, 0.3) is 0 Å². The van der Waals surface area contributed by atoms with Crippen molar-refractivity contribution in [2.24, 2.45) is 5.73 Å². The van der Waals surface area contributed by atoms with E-state index in [2.05, 4.69) is 50.4 Å². The number of aryl methyl sites for hydroxylation is 3. The van der Waals surface area contributed by atoms with Gasteiger partial charge in [-0.2, -0.15) is 0 Å². The molecule has 1 heterocycles. The Morgan fingerprint density at radius 3 is 2.59 bits per heavy atom.